The molecule has 0 fully saturated rings. The maximum Gasteiger partial charge on any atom is 0.253 e. The van der Waals surface area contributed by atoms with Crippen LogP contribution in [-0.4, -0.2) is 27.2 Å². The van der Waals surface area contributed by atoms with Crippen molar-refractivity contribution < 1.29 is 14.3 Å². The second-order valence-corrected chi connectivity index (χ2v) is 5.62. The summed E-state index contributed by atoms with van der Waals surface area (Å²) in [4.78, 5) is 21.3. The standard InChI is InChI=1S/C17H16N4O3/c1-10-20-15-12(5-6-18-16(15)21(10)2)17(22)19-8-11-3-4-13-14(7-11)24-9-23-13/h3-7H,8-9H2,1-2H3,(H,19,22). The number of carbonyl (C=O) groups excluding carboxylic acids is 1. The lowest BCUT2D eigenvalue weighted by Gasteiger charge is -2.07. The van der Waals surface area contributed by atoms with E-state index in [1.54, 1.807) is 12.3 Å². The van der Waals surface area contributed by atoms with Gasteiger partial charge in [-0.3, -0.25) is 4.79 Å². The van der Waals surface area contributed by atoms with Crippen molar-refractivity contribution in [1.82, 2.24) is 19.9 Å². The van der Waals surface area contributed by atoms with E-state index in [1.165, 1.54) is 0 Å². The van der Waals surface area contributed by atoms with Gasteiger partial charge in [0.05, 0.1) is 5.56 Å². The van der Waals surface area contributed by atoms with E-state index in [-0.39, 0.29) is 12.7 Å². The third-order valence-electron chi connectivity index (χ3n) is 4.12. The molecule has 7 heteroatoms. The van der Waals surface area contributed by atoms with Gasteiger partial charge in [0.1, 0.15) is 11.3 Å². The van der Waals surface area contributed by atoms with Crippen molar-refractivity contribution in [3.05, 3.63) is 47.4 Å². The average molecular weight is 324 g/mol. The molecular weight excluding hydrogens is 308 g/mol. The number of benzene rings is 1. The second kappa shape index (κ2) is 5.52. The molecule has 0 spiro atoms. The number of nitrogens with one attached hydrogen (secondary N) is 1. The fraction of sp³-hybridized carbons (Fsp3) is 0.235. The summed E-state index contributed by atoms with van der Waals surface area (Å²) in [6.07, 6.45) is 1.62. The van der Waals surface area contributed by atoms with Crippen molar-refractivity contribution in [1.29, 1.82) is 0 Å². The molecule has 0 aliphatic carbocycles. The Morgan fingerprint density at radius 2 is 2.12 bits per heavy atom. The summed E-state index contributed by atoms with van der Waals surface area (Å²) in [7, 11) is 1.88. The lowest BCUT2D eigenvalue weighted by molar-refractivity contribution is 0.0952. The lowest BCUT2D eigenvalue weighted by atomic mass is 10.2. The van der Waals surface area contributed by atoms with Gasteiger partial charge in [-0.25, -0.2) is 9.97 Å². The van der Waals surface area contributed by atoms with Crippen molar-refractivity contribution in [3.8, 4) is 11.5 Å². The number of aryl methyl sites for hydroxylation is 2. The molecule has 3 heterocycles. The van der Waals surface area contributed by atoms with Crippen LogP contribution >= 0.6 is 0 Å². The van der Waals surface area contributed by atoms with Crippen LogP contribution in [0.1, 0.15) is 21.7 Å². The normalized spacial score (nSPS) is 12.6. The number of hydrogen-bond donors (Lipinski definition) is 1. The number of rotatable bonds is 3. The summed E-state index contributed by atoms with van der Waals surface area (Å²) in [5.41, 5.74) is 2.77. The number of nitrogens with zero attached hydrogens (tertiary/aromatic N) is 3. The highest BCUT2D eigenvalue weighted by Gasteiger charge is 2.16. The van der Waals surface area contributed by atoms with Crippen molar-refractivity contribution >= 4 is 17.1 Å². The molecule has 0 saturated heterocycles. The Kier molecular flexibility index (Phi) is 3.34. The van der Waals surface area contributed by atoms with Gasteiger partial charge in [0.25, 0.3) is 5.91 Å². The minimum absolute atomic E-state index is 0.182. The zero-order chi connectivity index (χ0) is 16.7. The van der Waals surface area contributed by atoms with E-state index in [0.29, 0.717) is 29.0 Å². The Bertz CT molecular complexity index is 948. The quantitative estimate of drug-likeness (QED) is 0.796. The predicted molar refractivity (Wildman–Crippen MR) is 87.0 cm³/mol. The first-order valence-electron chi connectivity index (χ1n) is 7.58. The molecule has 1 amide bonds. The van der Waals surface area contributed by atoms with Crippen LogP contribution in [0.25, 0.3) is 11.2 Å². The van der Waals surface area contributed by atoms with Crippen LogP contribution in [0.15, 0.2) is 30.5 Å². The van der Waals surface area contributed by atoms with Gasteiger partial charge in [-0.1, -0.05) is 6.07 Å². The Morgan fingerprint density at radius 1 is 1.29 bits per heavy atom. The minimum atomic E-state index is -0.182. The summed E-state index contributed by atoms with van der Waals surface area (Å²) in [6.45, 7) is 2.51. The molecule has 0 bridgehead atoms. The monoisotopic (exact) mass is 324 g/mol. The van der Waals surface area contributed by atoms with Crippen molar-refractivity contribution in [3.63, 3.8) is 0 Å². The van der Waals surface area contributed by atoms with E-state index in [4.69, 9.17) is 9.47 Å². The molecular formula is C17H16N4O3. The van der Waals surface area contributed by atoms with Crippen LogP contribution in [0, 0.1) is 6.92 Å². The Morgan fingerprint density at radius 3 is 3.00 bits per heavy atom. The molecule has 1 aromatic carbocycles. The molecule has 3 aromatic rings. The number of imidazole rings is 1. The molecule has 24 heavy (non-hydrogen) atoms. The Labute approximate surface area is 138 Å². The molecule has 0 radical (unpaired) electrons. The average Bonchev–Trinajstić information content (AvgIpc) is 3.17. The van der Waals surface area contributed by atoms with E-state index in [1.807, 2.05) is 36.7 Å². The van der Waals surface area contributed by atoms with Gasteiger partial charge in [-0.05, 0) is 30.7 Å². The molecule has 0 atom stereocenters. The van der Waals surface area contributed by atoms with Gasteiger partial charge in [-0.15, -0.1) is 0 Å². The van der Waals surface area contributed by atoms with Gasteiger partial charge in [0.2, 0.25) is 6.79 Å². The molecule has 2 aromatic heterocycles. The number of amides is 1. The number of aromatic nitrogens is 3. The van der Waals surface area contributed by atoms with Gasteiger partial charge in [0, 0.05) is 19.8 Å². The van der Waals surface area contributed by atoms with Crippen molar-refractivity contribution in [2.24, 2.45) is 7.05 Å². The maximum atomic E-state index is 12.5. The Balaban J connectivity index is 1.55. The summed E-state index contributed by atoms with van der Waals surface area (Å²) in [5, 5.41) is 2.91. The summed E-state index contributed by atoms with van der Waals surface area (Å²) < 4.78 is 12.5. The lowest BCUT2D eigenvalue weighted by Crippen LogP contribution is -2.23. The van der Waals surface area contributed by atoms with Crippen LogP contribution in [0.5, 0.6) is 11.5 Å². The van der Waals surface area contributed by atoms with Crippen LogP contribution in [0.3, 0.4) is 0 Å². The van der Waals surface area contributed by atoms with E-state index in [2.05, 4.69) is 15.3 Å². The number of ether oxygens (including phenoxy) is 2. The van der Waals surface area contributed by atoms with E-state index < -0.39 is 0 Å². The van der Waals surface area contributed by atoms with E-state index >= 15 is 0 Å². The molecule has 4 rings (SSSR count). The molecule has 122 valence electrons. The third kappa shape index (κ3) is 2.34. The maximum absolute atomic E-state index is 12.5. The van der Waals surface area contributed by atoms with Gasteiger partial charge < -0.3 is 19.4 Å². The first kappa shape index (κ1) is 14.5. The van der Waals surface area contributed by atoms with Crippen LogP contribution in [0.2, 0.25) is 0 Å². The van der Waals surface area contributed by atoms with Gasteiger partial charge in [0.15, 0.2) is 17.1 Å². The molecule has 1 aliphatic heterocycles. The van der Waals surface area contributed by atoms with Gasteiger partial charge in [-0.2, -0.15) is 0 Å². The largest absolute Gasteiger partial charge is 0.454 e. The zero-order valence-electron chi connectivity index (χ0n) is 13.4. The molecule has 0 saturated carbocycles. The van der Waals surface area contributed by atoms with E-state index in [9.17, 15) is 4.79 Å². The topological polar surface area (TPSA) is 78.3 Å². The van der Waals surface area contributed by atoms with Crippen LogP contribution < -0.4 is 14.8 Å². The van der Waals surface area contributed by atoms with E-state index in [0.717, 1.165) is 17.1 Å². The number of pyridine rings is 1. The fourth-order valence-corrected chi connectivity index (χ4v) is 2.70. The first-order valence-corrected chi connectivity index (χ1v) is 7.58. The minimum Gasteiger partial charge on any atom is -0.454 e. The molecule has 0 unspecified atom stereocenters. The summed E-state index contributed by atoms with van der Waals surface area (Å²) >= 11 is 0. The number of carbonyl (C=O) groups is 1. The van der Waals surface area contributed by atoms with Crippen molar-refractivity contribution in [2.75, 3.05) is 6.79 Å². The summed E-state index contributed by atoms with van der Waals surface area (Å²) in [6, 6.07) is 7.30. The zero-order valence-corrected chi connectivity index (χ0v) is 13.4. The van der Waals surface area contributed by atoms with Crippen molar-refractivity contribution in [2.45, 2.75) is 13.5 Å². The highest BCUT2D eigenvalue weighted by Crippen LogP contribution is 2.32. The smallest absolute Gasteiger partial charge is 0.253 e. The highest BCUT2D eigenvalue weighted by molar-refractivity contribution is 6.04. The van der Waals surface area contributed by atoms with Crippen LogP contribution in [0.4, 0.5) is 0 Å². The Hall–Kier alpha value is -3.09. The fourth-order valence-electron chi connectivity index (χ4n) is 2.70. The third-order valence-corrected chi connectivity index (χ3v) is 4.12. The molecule has 1 aliphatic rings. The highest BCUT2D eigenvalue weighted by atomic mass is 16.7. The van der Waals surface area contributed by atoms with Gasteiger partial charge >= 0.3 is 0 Å². The molecule has 1 N–H and O–H groups in total. The second-order valence-electron chi connectivity index (χ2n) is 5.62. The predicted octanol–water partition coefficient (Wildman–Crippen LogP) is 1.94. The molecule has 7 nitrogen and oxygen atoms in total. The first-order chi connectivity index (χ1) is 11.6. The number of fused-ring (bicyclic) bond motifs is 2. The number of hydrogen-bond acceptors (Lipinski definition) is 5. The SMILES string of the molecule is Cc1nc2c(C(=O)NCc3ccc4c(c3)OCO4)ccnc2n1C. The van der Waals surface area contributed by atoms with Crippen LogP contribution in [-0.2, 0) is 13.6 Å². The summed E-state index contributed by atoms with van der Waals surface area (Å²) in [5.74, 6) is 2.06.